The molecule has 3 atom stereocenters. The highest BCUT2D eigenvalue weighted by molar-refractivity contribution is 6.51. The Hall–Kier alpha value is 0.210. The lowest BCUT2D eigenvalue weighted by atomic mass is 10.1. The molecule has 1 heterocycles. The first-order chi connectivity index (χ1) is 5.05. The Kier molecular flexibility index (Phi) is 1.51. The highest BCUT2D eigenvalue weighted by Crippen LogP contribution is 2.62. The van der Waals surface area contributed by atoms with Gasteiger partial charge in [0, 0.05) is 18.4 Å². The molecule has 1 saturated carbocycles. The summed E-state index contributed by atoms with van der Waals surface area (Å²) >= 11 is 11.8. The second-order valence-electron chi connectivity index (χ2n) is 3.30. The maximum Gasteiger partial charge on any atom is 0.147 e. The standard InChI is InChI=1S/C7H9Cl2NO/c1-3(11)6-5-4(2-10-6)7(5,8)9/h4-6,10H,2H2,1H3/t4?,5-,6-/m1/s1. The third kappa shape index (κ3) is 0.930. The van der Waals surface area contributed by atoms with E-state index in [-0.39, 0.29) is 17.7 Å². The van der Waals surface area contributed by atoms with E-state index < -0.39 is 4.33 Å². The van der Waals surface area contributed by atoms with Crippen molar-refractivity contribution in [3.63, 3.8) is 0 Å². The van der Waals surface area contributed by atoms with Gasteiger partial charge in [-0.05, 0) is 6.92 Å². The van der Waals surface area contributed by atoms with Crippen LogP contribution >= 0.6 is 23.2 Å². The van der Waals surface area contributed by atoms with Crippen LogP contribution in [0.25, 0.3) is 0 Å². The molecule has 0 aromatic heterocycles. The van der Waals surface area contributed by atoms with E-state index in [1.54, 1.807) is 6.92 Å². The van der Waals surface area contributed by atoms with Gasteiger partial charge in [0.25, 0.3) is 0 Å². The molecule has 0 bridgehead atoms. The molecule has 62 valence electrons. The Labute approximate surface area is 75.2 Å². The van der Waals surface area contributed by atoms with E-state index in [0.717, 1.165) is 6.54 Å². The molecule has 0 aromatic carbocycles. The van der Waals surface area contributed by atoms with Crippen molar-refractivity contribution >= 4 is 29.0 Å². The molecule has 1 aliphatic heterocycles. The third-order valence-electron chi connectivity index (χ3n) is 2.62. The molecule has 1 N–H and O–H groups in total. The minimum absolute atomic E-state index is 0.102. The summed E-state index contributed by atoms with van der Waals surface area (Å²) < 4.78 is -0.623. The molecule has 0 spiro atoms. The van der Waals surface area contributed by atoms with Gasteiger partial charge >= 0.3 is 0 Å². The van der Waals surface area contributed by atoms with Crippen LogP contribution in [-0.4, -0.2) is 22.7 Å². The first-order valence-corrected chi connectivity index (χ1v) is 4.42. The number of hydrogen-bond acceptors (Lipinski definition) is 2. The predicted octanol–water partition coefficient (Wildman–Crippen LogP) is 0.967. The minimum Gasteiger partial charge on any atom is -0.307 e. The van der Waals surface area contributed by atoms with Crippen LogP contribution in [0.2, 0.25) is 0 Å². The van der Waals surface area contributed by atoms with Crippen molar-refractivity contribution < 1.29 is 4.79 Å². The zero-order valence-corrected chi connectivity index (χ0v) is 7.62. The zero-order chi connectivity index (χ0) is 8.22. The molecule has 1 unspecified atom stereocenters. The van der Waals surface area contributed by atoms with Gasteiger partial charge in [0.05, 0.1) is 6.04 Å². The summed E-state index contributed by atoms with van der Waals surface area (Å²) in [7, 11) is 0. The summed E-state index contributed by atoms with van der Waals surface area (Å²) in [6.45, 7) is 2.35. The van der Waals surface area contributed by atoms with E-state index in [2.05, 4.69) is 5.32 Å². The number of Topliss-reactive ketones (excluding diaryl/α,β-unsaturated/α-hetero) is 1. The molecule has 2 fully saturated rings. The SMILES string of the molecule is CC(=O)[C@H]1NCC2[C@H]1C2(Cl)Cl. The summed E-state index contributed by atoms with van der Waals surface area (Å²) in [6, 6.07) is -0.102. The molecule has 0 radical (unpaired) electrons. The van der Waals surface area contributed by atoms with E-state index in [1.165, 1.54) is 0 Å². The Morgan fingerprint density at radius 1 is 1.64 bits per heavy atom. The van der Waals surface area contributed by atoms with Gasteiger partial charge in [-0.2, -0.15) is 0 Å². The van der Waals surface area contributed by atoms with Gasteiger partial charge in [-0.3, -0.25) is 4.79 Å². The highest BCUT2D eigenvalue weighted by atomic mass is 35.5. The van der Waals surface area contributed by atoms with Gasteiger partial charge in [0.2, 0.25) is 0 Å². The fourth-order valence-corrected chi connectivity index (χ4v) is 2.77. The van der Waals surface area contributed by atoms with Crippen LogP contribution in [0.5, 0.6) is 0 Å². The lowest BCUT2D eigenvalue weighted by Crippen LogP contribution is -2.36. The first kappa shape index (κ1) is 7.84. The number of alkyl halides is 2. The summed E-state index contributed by atoms with van der Waals surface area (Å²) in [5.74, 6) is 0.587. The summed E-state index contributed by atoms with van der Waals surface area (Å²) in [5.41, 5.74) is 0. The molecular formula is C7H9Cl2NO. The minimum atomic E-state index is -0.623. The van der Waals surface area contributed by atoms with Crippen molar-refractivity contribution in [1.29, 1.82) is 0 Å². The highest BCUT2D eigenvalue weighted by Gasteiger charge is 2.69. The molecule has 0 aromatic rings. The normalized spacial score (nSPS) is 45.2. The van der Waals surface area contributed by atoms with Crippen molar-refractivity contribution in [3.05, 3.63) is 0 Å². The Balaban J connectivity index is 2.13. The predicted molar refractivity (Wildman–Crippen MR) is 43.9 cm³/mol. The smallest absolute Gasteiger partial charge is 0.147 e. The monoisotopic (exact) mass is 193 g/mol. The molecule has 1 aliphatic carbocycles. The van der Waals surface area contributed by atoms with E-state index in [9.17, 15) is 4.79 Å². The van der Waals surface area contributed by atoms with Crippen LogP contribution in [-0.2, 0) is 4.79 Å². The first-order valence-electron chi connectivity index (χ1n) is 3.67. The molecule has 0 amide bonds. The quantitative estimate of drug-likeness (QED) is 0.630. The Morgan fingerprint density at radius 3 is 2.55 bits per heavy atom. The van der Waals surface area contributed by atoms with Crippen molar-refractivity contribution in [2.45, 2.75) is 17.3 Å². The van der Waals surface area contributed by atoms with Crippen LogP contribution in [0.3, 0.4) is 0 Å². The van der Waals surface area contributed by atoms with Crippen molar-refractivity contribution in [3.8, 4) is 0 Å². The average Bonchev–Trinajstić information content (AvgIpc) is 2.34. The van der Waals surface area contributed by atoms with E-state index in [0.29, 0.717) is 5.92 Å². The zero-order valence-electron chi connectivity index (χ0n) is 6.10. The summed E-state index contributed by atoms with van der Waals surface area (Å²) in [5, 5.41) is 3.09. The van der Waals surface area contributed by atoms with Gasteiger partial charge in [-0.1, -0.05) is 0 Å². The number of carbonyl (C=O) groups excluding carboxylic acids is 1. The van der Waals surface area contributed by atoms with Crippen LogP contribution in [0.4, 0.5) is 0 Å². The van der Waals surface area contributed by atoms with Crippen LogP contribution in [0, 0.1) is 11.8 Å². The lowest BCUT2D eigenvalue weighted by Gasteiger charge is -2.12. The molecule has 4 heteroatoms. The second-order valence-corrected chi connectivity index (χ2v) is 4.75. The van der Waals surface area contributed by atoms with Gasteiger partial charge in [0.1, 0.15) is 10.1 Å². The molecule has 2 rings (SSSR count). The van der Waals surface area contributed by atoms with Crippen LogP contribution in [0.15, 0.2) is 0 Å². The maximum atomic E-state index is 11.0. The van der Waals surface area contributed by atoms with Crippen molar-refractivity contribution in [2.24, 2.45) is 11.8 Å². The topological polar surface area (TPSA) is 29.1 Å². The number of carbonyl (C=O) groups is 1. The summed E-state index contributed by atoms with van der Waals surface area (Å²) in [4.78, 5) is 11.0. The fraction of sp³-hybridized carbons (Fsp3) is 0.857. The molecule has 2 aliphatic rings. The van der Waals surface area contributed by atoms with Gasteiger partial charge in [0.15, 0.2) is 0 Å². The van der Waals surface area contributed by atoms with E-state index in [1.807, 2.05) is 0 Å². The largest absolute Gasteiger partial charge is 0.307 e. The van der Waals surface area contributed by atoms with Gasteiger partial charge in [-0.15, -0.1) is 23.2 Å². The number of rotatable bonds is 1. The van der Waals surface area contributed by atoms with Crippen LogP contribution < -0.4 is 5.32 Å². The third-order valence-corrected chi connectivity index (χ3v) is 3.68. The molecule has 2 nitrogen and oxygen atoms in total. The Bertz CT molecular complexity index is 216. The second kappa shape index (κ2) is 2.12. The summed E-state index contributed by atoms with van der Waals surface area (Å²) in [6.07, 6.45) is 0. The number of ketones is 1. The van der Waals surface area contributed by atoms with E-state index in [4.69, 9.17) is 23.2 Å². The molecule has 1 saturated heterocycles. The van der Waals surface area contributed by atoms with Crippen molar-refractivity contribution in [2.75, 3.05) is 6.54 Å². The van der Waals surface area contributed by atoms with Gasteiger partial charge in [-0.25, -0.2) is 0 Å². The number of halogens is 2. The maximum absolute atomic E-state index is 11.0. The van der Waals surface area contributed by atoms with Crippen LogP contribution in [0.1, 0.15) is 6.92 Å². The number of nitrogens with one attached hydrogen (secondary N) is 1. The molecule has 11 heavy (non-hydrogen) atoms. The average molecular weight is 194 g/mol. The fourth-order valence-electron chi connectivity index (χ4n) is 1.91. The van der Waals surface area contributed by atoms with E-state index >= 15 is 0 Å². The number of fused-ring (bicyclic) bond motifs is 1. The lowest BCUT2D eigenvalue weighted by molar-refractivity contribution is -0.119. The number of hydrogen-bond donors (Lipinski definition) is 1. The number of piperidine rings is 1. The van der Waals surface area contributed by atoms with Crippen molar-refractivity contribution in [1.82, 2.24) is 5.32 Å². The van der Waals surface area contributed by atoms with Gasteiger partial charge < -0.3 is 5.32 Å². The molecular weight excluding hydrogens is 185 g/mol. The Morgan fingerprint density at radius 2 is 2.27 bits per heavy atom.